The molecule has 6 nitrogen and oxygen atoms in total. The van der Waals surface area contributed by atoms with E-state index in [-0.39, 0.29) is 23.5 Å². The summed E-state index contributed by atoms with van der Waals surface area (Å²) < 4.78 is 11.4. The van der Waals surface area contributed by atoms with Crippen LogP contribution in [0.25, 0.3) is 0 Å². The van der Waals surface area contributed by atoms with Crippen LogP contribution in [0.1, 0.15) is 38.4 Å². The van der Waals surface area contributed by atoms with Crippen LogP contribution in [0.5, 0.6) is 0 Å². The molecule has 2 aliphatic rings. The number of aromatic nitrogens is 2. The molecule has 0 spiro atoms. The number of carbonyl (C=O) groups excluding carboxylic acids is 1. The topological polar surface area (TPSA) is 64.5 Å². The summed E-state index contributed by atoms with van der Waals surface area (Å²) in [6.45, 7) is 8.00. The first kappa shape index (κ1) is 15.6. The van der Waals surface area contributed by atoms with Crippen molar-refractivity contribution in [3.05, 3.63) is 16.5 Å². The molecule has 0 amide bonds. The highest BCUT2D eigenvalue weighted by molar-refractivity contribution is 6.28. The number of hydrogen-bond acceptors (Lipinski definition) is 6. The fourth-order valence-electron chi connectivity index (χ4n) is 3.20. The lowest BCUT2D eigenvalue weighted by atomic mass is 9.94. The average Bonchev–Trinajstić information content (AvgIpc) is 2.75. The van der Waals surface area contributed by atoms with Crippen LogP contribution in [0.3, 0.4) is 0 Å². The summed E-state index contributed by atoms with van der Waals surface area (Å²) in [5.74, 6) is 0.865. The summed E-state index contributed by atoms with van der Waals surface area (Å²) in [6, 6.07) is 0.212. The number of morpholine rings is 1. The lowest BCUT2D eigenvalue weighted by Crippen LogP contribution is -2.44. The number of ketones is 1. The molecule has 1 aromatic rings. The number of anilines is 1. The number of rotatable bonds is 3. The molecule has 0 aliphatic carbocycles. The van der Waals surface area contributed by atoms with E-state index in [9.17, 15) is 4.79 Å². The number of hydrogen-bond donors (Lipinski definition) is 0. The summed E-state index contributed by atoms with van der Waals surface area (Å²) >= 11 is 6.14. The van der Waals surface area contributed by atoms with Crippen LogP contribution in [0.4, 0.5) is 5.82 Å². The Balaban J connectivity index is 2.04. The first-order valence-electron chi connectivity index (χ1n) is 7.45. The summed E-state index contributed by atoms with van der Waals surface area (Å²) in [5.41, 5.74) is 0.941. The first-order valence-corrected chi connectivity index (χ1v) is 7.83. The minimum atomic E-state index is -0.724. The van der Waals surface area contributed by atoms with E-state index in [2.05, 4.69) is 21.8 Å². The van der Waals surface area contributed by atoms with Crippen LogP contribution in [-0.2, 0) is 26.5 Å². The van der Waals surface area contributed by atoms with Crippen molar-refractivity contribution in [3.8, 4) is 0 Å². The Labute approximate surface area is 134 Å². The molecule has 1 fully saturated rings. The SMILES string of the molecule is CC(=O)CC1(C)OCc2c(N3CCOCC3C)nc(Cl)nc21. The van der Waals surface area contributed by atoms with E-state index in [1.807, 2.05) is 6.92 Å². The predicted molar refractivity (Wildman–Crippen MR) is 82.1 cm³/mol. The summed E-state index contributed by atoms with van der Waals surface area (Å²) in [6.07, 6.45) is 0.283. The molecule has 2 unspecified atom stereocenters. The van der Waals surface area contributed by atoms with Crippen LogP contribution in [0.2, 0.25) is 5.28 Å². The lowest BCUT2D eigenvalue weighted by molar-refractivity contribution is -0.124. The maximum absolute atomic E-state index is 11.6. The normalized spacial score (nSPS) is 27.8. The van der Waals surface area contributed by atoms with Gasteiger partial charge in [0.15, 0.2) is 0 Å². The molecule has 1 aromatic heterocycles. The smallest absolute Gasteiger partial charge is 0.224 e. The number of ether oxygens (including phenoxy) is 2. The van der Waals surface area contributed by atoms with Crippen molar-refractivity contribution < 1.29 is 14.3 Å². The van der Waals surface area contributed by atoms with Crippen LogP contribution in [-0.4, -0.2) is 41.6 Å². The van der Waals surface area contributed by atoms with Crippen molar-refractivity contribution in [1.82, 2.24) is 9.97 Å². The molecule has 1 saturated heterocycles. The zero-order valence-electron chi connectivity index (χ0n) is 13.1. The van der Waals surface area contributed by atoms with Gasteiger partial charge in [-0.1, -0.05) is 0 Å². The third-order valence-electron chi connectivity index (χ3n) is 4.22. The van der Waals surface area contributed by atoms with Crippen molar-refractivity contribution in [1.29, 1.82) is 0 Å². The van der Waals surface area contributed by atoms with Gasteiger partial charge < -0.3 is 14.4 Å². The van der Waals surface area contributed by atoms with Gasteiger partial charge in [0.1, 0.15) is 17.2 Å². The third-order valence-corrected chi connectivity index (χ3v) is 4.39. The fourth-order valence-corrected chi connectivity index (χ4v) is 3.37. The molecule has 7 heteroatoms. The zero-order chi connectivity index (χ0) is 15.9. The molecular formula is C15H20ClN3O3. The van der Waals surface area contributed by atoms with E-state index in [4.69, 9.17) is 21.1 Å². The van der Waals surface area contributed by atoms with Crippen molar-refractivity contribution >= 4 is 23.2 Å². The highest BCUT2D eigenvalue weighted by Gasteiger charge is 2.41. The molecule has 2 atom stereocenters. The molecule has 0 N–H and O–H groups in total. The van der Waals surface area contributed by atoms with Crippen molar-refractivity contribution in [2.24, 2.45) is 0 Å². The lowest BCUT2D eigenvalue weighted by Gasteiger charge is -2.35. The van der Waals surface area contributed by atoms with Gasteiger partial charge in [0, 0.05) is 18.5 Å². The Kier molecular flexibility index (Phi) is 4.09. The summed E-state index contributed by atoms with van der Waals surface area (Å²) in [4.78, 5) is 22.5. The molecule has 3 heterocycles. The minimum absolute atomic E-state index is 0.0615. The van der Waals surface area contributed by atoms with Crippen LogP contribution in [0.15, 0.2) is 0 Å². The largest absolute Gasteiger partial charge is 0.377 e. The number of carbonyl (C=O) groups is 1. The molecule has 22 heavy (non-hydrogen) atoms. The minimum Gasteiger partial charge on any atom is -0.377 e. The Hall–Kier alpha value is -1.24. The van der Waals surface area contributed by atoms with E-state index in [1.165, 1.54) is 0 Å². The van der Waals surface area contributed by atoms with Gasteiger partial charge in [-0.15, -0.1) is 0 Å². The van der Waals surface area contributed by atoms with Crippen LogP contribution >= 0.6 is 11.6 Å². The van der Waals surface area contributed by atoms with E-state index in [0.29, 0.717) is 19.8 Å². The number of Topliss-reactive ketones (excluding diaryl/α,β-unsaturated/α-hetero) is 1. The van der Waals surface area contributed by atoms with Gasteiger partial charge in [0.05, 0.1) is 31.6 Å². The maximum Gasteiger partial charge on any atom is 0.224 e. The van der Waals surface area contributed by atoms with E-state index >= 15 is 0 Å². The van der Waals surface area contributed by atoms with Crippen molar-refractivity contribution in [2.75, 3.05) is 24.7 Å². The zero-order valence-corrected chi connectivity index (χ0v) is 13.8. The molecule has 3 rings (SSSR count). The molecular weight excluding hydrogens is 306 g/mol. The first-order chi connectivity index (χ1) is 10.4. The second kappa shape index (κ2) is 5.76. The maximum atomic E-state index is 11.6. The predicted octanol–water partition coefficient (Wildman–Crippen LogP) is 2.08. The monoisotopic (exact) mass is 325 g/mol. The Morgan fingerprint density at radius 2 is 2.27 bits per heavy atom. The quantitative estimate of drug-likeness (QED) is 0.793. The Morgan fingerprint density at radius 3 is 2.95 bits per heavy atom. The van der Waals surface area contributed by atoms with Gasteiger partial charge in [0.2, 0.25) is 5.28 Å². The Bertz CT molecular complexity index is 610. The molecule has 120 valence electrons. The van der Waals surface area contributed by atoms with Gasteiger partial charge in [-0.05, 0) is 32.4 Å². The third kappa shape index (κ3) is 2.71. The van der Waals surface area contributed by atoms with Gasteiger partial charge in [-0.3, -0.25) is 4.79 Å². The molecule has 0 aromatic carbocycles. The molecule has 0 bridgehead atoms. The average molecular weight is 326 g/mol. The van der Waals surface area contributed by atoms with Gasteiger partial charge >= 0.3 is 0 Å². The highest BCUT2D eigenvalue weighted by Crippen LogP contribution is 2.42. The highest BCUT2D eigenvalue weighted by atomic mass is 35.5. The van der Waals surface area contributed by atoms with Gasteiger partial charge in [-0.2, -0.15) is 0 Å². The Morgan fingerprint density at radius 1 is 1.50 bits per heavy atom. The van der Waals surface area contributed by atoms with Gasteiger partial charge in [-0.25, -0.2) is 9.97 Å². The van der Waals surface area contributed by atoms with Crippen LogP contribution in [0, 0.1) is 0 Å². The van der Waals surface area contributed by atoms with E-state index in [1.54, 1.807) is 6.92 Å². The summed E-state index contributed by atoms with van der Waals surface area (Å²) in [7, 11) is 0. The van der Waals surface area contributed by atoms with E-state index in [0.717, 1.165) is 23.6 Å². The molecule has 0 saturated carbocycles. The van der Waals surface area contributed by atoms with Crippen molar-refractivity contribution in [3.63, 3.8) is 0 Å². The second-order valence-electron chi connectivity index (χ2n) is 6.16. The molecule has 0 radical (unpaired) electrons. The number of nitrogens with zero attached hydrogens (tertiary/aromatic N) is 3. The van der Waals surface area contributed by atoms with Gasteiger partial charge in [0.25, 0.3) is 0 Å². The van der Waals surface area contributed by atoms with Crippen LogP contribution < -0.4 is 4.90 Å². The summed E-state index contributed by atoms with van der Waals surface area (Å²) in [5, 5.41) is 0.188. The fraction of sp³-hybridized carbons (Fsp3) is 0.667. The number of halogens is 1. The molecule has 2 aliphatic heterocycles. The standard InChI is InChI=1S/C15H20ClN3O3/c1-9-7-21-5-4-19(9)13-11-8-22-15(3,6-10(2)20)12(11)17-14(16)18-13/h9H,4-8H2,1-3H3. The second-order valence-corrected chi connectivity index (χ2v) is 6.50. The van der Waals surface area contributed by atoms with Crippen molar-refractivity contribution in [2.45, 2.75) is 45.4 Å². The van der Waals surface area contributed by atoms with E-state index < -0.39 is 5.60 Å². The number of fused-ring (bicyclic) bond motifs is 1.